The third-order valence-electron chi connectivity index (χ3n) is 3.53. The van der Waals surface area contributed by atoms with Crippen LogP contribution in [0.3, 0.4) is 0 Å². The van der Waals surface area contributed by atoms with E-state index in [4.69, 9.17) is 4.74 Å². The van der Waals surface area contributed by atoms with Crippen molar-refractivity contribution in [3.05, 3.63) is 46.3 Å². The maximum Gasteiger partial charge on any atom is 0.142 e. The van der Waals surface area contributed by atoms with E-state index in [2.05, 4.69) is 25.9 Å². The molecule has 1 aliphatic heterocycles. The zero-order valence-electron chi connectivity index (χ0n) is 11.1. The minimum Gasteiger partial charge on any atom is -0.395 e. The predicted octanol–water partition coefficient (Wildman–Crippen LogP) is 2.47. The lowest BCUT2D eigenvalue weighted by Gasteiger charge is -2.38. The molecule has 0 radical (unpaired) electrons. The van der Waals surface area contributed by atoms with Gasteiger partial charge >= 0.3 is 0 Å². The second kappa shape index (κ2) is 5.24. The van der Waals surface area contributed by atoms with Crippen LogP contribution in [-0.2, 0) is 10.2 Å². The molecule has 0 aliphatic carbocycles. The van der Waals surface area contributed by atoms with Crippen LogP contribution in [0.15, 0.2) is 34.8 Å². The number of halogens is 1. The van der Waals surface area contributed by atoms with Gasteiger partial charge in [0.1, 0.15) is 5.82 Å². The smallest absolute Gasteiger partial charge is 0.142 e. The van der Waals surface area contributed by atoms with Crippen molar-refractivity contribution in [2.24, 2.45) is 0 Å². The van der Waals surface area contributed by atoms with E-state index in [-0.39, 0.29) is 6.61 Å². The fourth-order valence-corrected chi connectivity index (χ4v) is 2.48. The summed E-state index contributed by atoms with van der Waals surface area (Å²) in [5, 5.41) is 9.61. The van der Waals surface area contributed by atoms with Gasteiger partial charge in [-0.25, -0.2) is 9.97 Å². The van der Waals surface area contributed by atoms with Crippen LogP contribution in [0.2, 0.25) is 0 Å². The molecule has 1 N–H and O–H groups in total. The standard InChI is InChI=1S/C15H15BrN2O2/c1-10-6-13(11-2-4-12(16)5-3-11)18-14(17-10)15(7-19)8-20-9-15/h2-6,19H,7-9H2,1H3. The van der Waals surface area contributed by atoms with Gasteiger partial charge in [-0.15, -0.1) is 0 Å². The summed E-state index contributed by atoms with van der Waals surface area (Å²) in [6, 6.07) is 9.95. The molecule has 0 saturated carbocycles. The molecular formula is C15H15BrN2O2. The van der Waals surface area contributed by atoms with Gasteiger partial charge in [-0.1, -0.05) is 28.1 Å². The number of aliphatic hydroxyl groups excluding tert-OH is 1. The van der Waals surface area contributed by atoms with E-state index >= 15 is 0 Å². The number of hydrogen-bond donors (Lipinski definition) is 1. The van der Waals surface area contributed by atoms with E-state index in [1.165, 1.54) is 0 Å². The number of aromatic nitrogens is 2. The van der Waals surface area contributed by atoms with E-state index in [9.17, 15) is 5.11 Å². The van der Waals surface area contributed by atoms with Gasteiger partial charge in [0.15, 0.2) is 0 Å². The highest BCUT2D eigenvalue weighted by atomic mass is 79.9. The Balaban J connectivity index is 2.04. The summed E-state index contributed by atoms with van der Waals surface area (Å²) in [5.41, 5.74) is 2.37. The van der Waals surface area contributed by atoms with Crippen LogP contribution >= 0.6 is 15.9 Å². The van der Waals surface area contributed by atoms with Gasteiger partial charge < -0.3 is 9.84 Å². The van der Waals surface area contributed by atoms with Crippen LogP contribution in [0.1, 0.15) is 11.5 Å². The quantitative estimate of drug-likeness (QED) is 0.936. The number of benzene rings is 1. The third kappa shape index (κ3) is 2.37. The molecule has 2 heterocycles. The molecule has 0 bridgehead atoms. The predicted molar refractivity (Wildman–Crippen MR) is 79.5 cm³/mol. The molecule has 1 aliphatic rings. The van der Waals surface area contributed by atoms with Crippen LogP contribution in [0.4, 0.5) is 0 Å². The van der Waals surface area contributed by atoms with Gasteiger partial charge in [-0.2, -0.15) is 0 Å². The second-order valence-electron chi connectivity index (χ2n) is 5.16. The Hall–Kier alpha value is -1.30. The van der Waals surface area contributed by atoms with Gasteiger partial charge in [0, 0.05) is 15.7 Å². The number of nitrogens with zero attached hydrogens (tertiary/aromatic N) is 2. The Kier molecular flexibility index (Phi) is 3.58. The minimum atomic E-state index is -0.434. The van der Waals surface area contributed by atoms with Crippen LogP contribution in [-0.4, -0.2) is 34.9 Å². The molecule has 3 rings (SSSR count). The lowest BCUT2D eigenvalue weighted by atomic mass is 9.85. The molecular weight excluding hydrogens is 320 g/mol. The van der Waals surface area contributed by atoms with Gasteiger partial charge in [-0.05, 0) is 25.1 Å². The summed E-state index contributed by atoms with van der Waals surface area (Å²) in [6.45, 7) is 2.91. The fraction of sp³-hybridized carbons (Fsp3) is 0.333. The summed E-state index contributed by atoms with van der Waals surface area (Å²) in [4.78, 5) is 9.11. The summed E-state index contributed by atoms with van der Waals surface area (Å²) >= 11 is 3.43. The first-order valence-electron chi connectivity index (χ1n) is 6.44. The Morgan fingerprint density at radius 1 is 1.25 bits per heavy atom. The Labute approximate surface area is 126 Å². The molecule has 0 amide bonds. The molecule has 2 aromatic rings. The number of aliphatic hydroxyl groups is 1. The molecule has 1 aromatic carbocycles. The second-order valence-corrected chi connectivity index (χ2v) is 6.07. The number of aryl methyl sites for hydroxylation is 1. The van der Waals surface area contributed by atoms with Crippen LogP contribution in [0.5, 0.6) is 0 Å². The summed E-state index contributed by atoms with van der Waals surface area (Å²) in [7, 11) is 0. The SMILES string of the molecule is Cc1cc(-c2ccc(Br)cc2)nc(C2(CO)COC2)n1. The van der Waals surface area contributed by atoms with Gasteiger partial charge in [0.05, 0.1) is 30.9 Å². The first-order valence-corrected chi connectivity index (χ1v) is 7.23. The Bertz CT molecular complexity index is 619. The maximum absolute atomic E-state index is 9.61. The molecule has 0 spiro atoms. The number of hydrogen-bond acceptors (Lipinski definition) is 4. The van der Waals surface area contributed by atoms with Crippen molar-refractivity contribution in [1.82, 2.24) is 9.97 Å². The lowest BCUT2D eigenvalue weighted by Crippen LogP contribution is -2.51. The van der Waals surface area contributed by atoms with Crippen LogP contribution in [0, 0.1) is 6.92 Å². The van der Waals surface area contributed by atoms with Crippen LogP contribution in [0.25, 0.3) is 11.3 Å². The first kappa shape index (κ1) is 13.7. The Morgan fingerprint density at radius 3 is 2.50 bits per heavy atom. The van der Waals surface area contributed by atoms with Crippen molar-refractivity contribution in [3.63, 3.8) is 0 Å². The normalized spacial score (nSPS) is 16.8. The molecule has 1 aromatic heterocycles. The maximum atomic E-state index is 9.61. The molecule has 104 valence electrons. The van der Waals surface area contributed by atoms with Crippen molar-refractivity contribution >= 4 is 15.9 Å². The molecule has 0 atom stereocenters. The Morgan fingerprint density at radius 2 is 1.95 bits per heavy atom. The third-order valence-corrected chi connectivity index (χ3v) is 4.06. The van der Waals surface area contributed by atoms with Crippen LogP contribution < -0.4 is 0 Å². The first-order chi connectivity index (χ1) is 9.63. The summed E-state index contributed by atoms with van der Waals surface area (Å²) in [5.74, 6) is 0.671. The van der Waals surface area contributed by atoms with Crippen molar-refractivity contribution in [2.75, 3.05) is 19.8 Å². The molecule has 20 heavy (non-hydrogen) atoms. The average Bonchev–Trinajstić information content (AvgIpc) is 2.38. The van der Waals surface area contributed by atoms with E-state index in [0.717, 1.165) is 21.4 Å². The fourth-order valence-electron chi connectivity index (χ4n) is 2.21. The van der Waals surface area contributed by atoms with Crippen molar-refractivity contribution < 1.29 is 9.84 Å². The van der Waals surface area contributed by atoms with E-state index in [1.54, 1.807) is 0 Å². The zero-order valence-corrected chi connectivity index (χ0v) is 12.7. The number of rotatable bonds is 3. The molecule has 1 fully saturated rings. The van der Waals surface area contributed by atoms with Crippen molar-refractivity contribution in [3.8, 4) is 11.3 Å². The van der Waals surface area contributed by atoms with E-state index in [1.807, 2.05) is 37.3 Å². The lowest BCUT2D eigenvalue weighted by molar-refractivity contribution is -0.0884. The van der Waals surface area contributed by atoms with Crippen molar-refractivity contribution in [1.29, 1.82) is 0 Å². The monoisotopic (exact) mass is 334 g/mol. The molecule has 0 unspecified atom stereocenters. The minimum absolute atomic E-state index is 0.0101. The van der Waals surface area contributed by atoms with Crippen molar-refractivity contribution in [2.45, 2.75) is 12.3 Å². The molecule has 1 saturated heterocycles. The highest BCUT2D eigenvalue weighted by molar-refractivity contribution is 9.10. The molecule has 4 nitrogen and oxygen atoms in total. The van der Waals surface area contributed by atoms with Gasteiger partial charge in [-0.3, -0.25) is 0 Å². The topological polar surface area (TPSA) is 55.2 Å². The zero-order chi connectivity index (χ0) is 14.2. The van der Waals surface area contributed by atoms with E-state index in [0.29, 0.717) is 19.0 Å². The summed E-state index contributed by atoms with van der Waals surface area (Å²) < 4.78 is 6.27. The number of ether oxygens (including phenoxy) is 1. The van der Waals surface area contributed by atoms with Gasteiger partial charge in [0.25, 0.3) is 0 Å². The molecule has 5 heteroatoms. The highest BCUT2D eigenvalue weighted by Crippen LogP contribution is 2.31. The van der Waals surface area contributed by atoms with Gasteiger partial charge in [0.2, 0.25) is 0 Å². The highest BCUT2D eigenvalue weighted by Gasteiger charge is 2.43. The summed E-state index contributed by atoms with van der Waals surface area (Å²) in [6.07, 6.45) is 0. The largest absolute Gasteiger partial charge is 0.395 e. The average molecular weight is 335 g/mol. The van der Waals surface area contributed by atoms with E-state index < -0.39 is 5.41 Å².